The summed E-state index contributed by atoms with van der Waals surface area (Å²) in [7, 11) is -1.39. The Balaban J connectivity index is 4.38. The first-order chi connectivity index (χ1) is 6.93. The molecular formula is C13H26OSi. The molecule has 0 rings (SSSR count). The van der Waals surface area contributed by atoms with Crippen molar-refractivity contribution in [3.8, 4) is 0 Å². The number of hydrogen-bond acceptors (Lipinski definition) is 1. The van der Waals surface area contributed by atoms with Gasteiger partial charge >= 0.3 is 0 Å². The first-order valence-electron chi connectivity index (χ1n) is 5.94. The third-order valence-electron chi connectivity index (χ3n) is 2.60. The maximum atomic E-state index is 10.1. The van der Waals surface area contributed by atoms with E-state index in [-0.39, 0.29) is 6.10 Å². The van der Waals surface area contributed by atoms with Crippen LogP contribution >= 0.6 is 0 Å². The van der Waals surface area contributed by atoms with Crippen LogP contribution in [0.4, 0.5) is 0 Å². The van der Waals surface area contributed by atoms with Crippen LogP contribution in [-0.4, -0.2) is 19.3 Å². The number of aliphatic hydroxyl groups is 1. The highest BCUT2D eigenvalue weighted by Gasteiger charge is 2.24. The van der Waals surface area contributed by atoms with Crippen molar-refractivity contribution in [2.75, 3.05) is 0 Å². The van der Waals surface area contributed by atoms with Crippen molar-refractivity contribution in [1.82, 2.24) is 0 Å². The SMILES string of the molecule is C=C/C=C(\C(O)CCCCC)[Si](C)(C)C. The van der Waals surface area contributed by atoms with Gasteiger partial charge in [0, 0.05) is 0 Å². The molecule has 0 aromatic carbocycles. The van der Waals surface area contributed by atoms with Gasteiger partial charge in [-0.05, 0) is 6.42 Å². The molecule has 0 radical (unpaired) electrons. The molecule has 2 heteroatoms. The van der Waals surface area contributed by atoms with Gasteiger partial charge in [-0.3, -0.25) is 0 Å². The lowest BCUT2D eigenvalue weighted by Gasteiger charge is -2.25. The number of hydrogen-bond donors (Lipinski definition) is 1. The van der Waals surface area contributed by atoms with Gasteiger partial charge < -0.3 is 5.11 Å². The molecule has 0 aliphatic heterocycles. The quantitative estimate of drug-likeness (QED) is 0.396. The van der Waals surface area contributed by atoms with Crippen LogP contribution in [0.3, 0.4) is 0 Å². The van der Waals surface area contributed by atoms with Crippen LogP contribution in [0.25, 0.3) is 0 Å². The van der Waals surface area contributed by atoms with Crippen molar-refractivity contribution >= 4 is 8.07 Å². The highest BCUT2D eigenvalue weighted by Crippen LogP contribution is 2.22. The fraction of sp³-hybridized carbons (Fsp3) is 0.692. The van der Waals surface area contributed by atoms with E-state index in [4.69, 9.17) is 0 Å². The molecule has 0 spiro atoms. The molecule has 1 atom stereocenters. The Morgan fingerprint density at radius 2 is 1.93 bits per heavy atom. The van der Waals surface area contributed by atoms with Gasteiger partial charge in [0.2, 0.25) is 0 Å². The summed E-state index contributed by atoms with van der Waals surface area (Å²) in [6.07, 6.45) is 8.01. The summed E-state index contributed by atoms with van der Waals surface area (Å²) in [5.41, 5.74) is 0. The second-order valence-corrected chi connectivity index (χ2v) is 10.2. The van der Waals surface area contributed by atoms with E-state index in [0.29, 0.717) is 0 Å². The Hall–Kier alpha value is -0.343. The number of aliphatic hydroxyl groups excluding tert-OH is 1. The molecule has 0 amide bonds. The van der Waals surface area contributed by atoms with Gasteiger partial charge in [-0.15, -0.1) is 0 Å². The molecule has 0 aromatic rings. The Morgan fingerprint density at radius 3 is 2.33 bits per heavy atom. The molecule has 1 nitrogen and oxygen atoms in total. The fourth-order valence-corrected chi connectivity index (χ4v) is 3.49. The van der Waals surface area contributed by atoms with Crippen LogP contribution in [0.5, 0.6) is 0 Å². The lowest BCUT2D eigenvalue weighted by atomic mass is 10.1. The molecule has 0 aromatic heterocycles. The predicted molar refractivity (Wildman–Crippen MR) is 71.8 cm³/mol. The van der Waals surface area contributed by atoms with E-state index in [1.165, 1.54) is 18.0 Å². The summed E-state index contributed by atoms with van der Waals surface area (Å²) < 4.78 is 0. The molecule has 1 unspecified atom stereocenters. The largest absolute Gasteiger partial charge is 0.389 e. The van der Waals surface area contributed by atoms with Crippen LogP contribution in [0.2, 0.25) is 19.6 Å². The molecule has 0 saturated heterocycles. The monoisotopic (exact) mass is 226 g/mol. The normalized spacial score (nSPS) is 15.1. The number of allylic oxidation sites excluding steroid dienone is 2. The minimum Gasteiger partial charge on any atom is -0.389 e. The lowest BCUT2D eigenvalue weighted by Crippen LogP contribution is -2.32. The Labute approximate surface area is 95.9 Å². The zero-order valence-electron chi connectivity index (χ0n) is 10.7. The predicted octanol–water partition coefficient (Wildman–Crippen LogP) is 3.92. The topological polar surface area (TPSA) is 20.2 Å². The number of unbranched alkanes of at least 4 members (excludes halogenated alkanes) is 2. The molecule has 0 aliphatic carbocycles. The average molecular weight is 226 g/mol. The minimum atomic E-state index is -1.39. The summed E-state index contributed by atoms with van der Waals surface area (Å²) in [6.45, 7) is 12.7. The van der Waals surface area contributed by atoms with Crippen molar-refractivity contribution in [3.05, 3.63) is 23.9 Å². The smallest absolute Gasteiger partial charge is 0.0758 e. The minimum absolute atomic E-state index is 0.249. The van der Waals surface area contributed by atoms with Crippen molar-refractivity contribution in [2.24, 2.45) is 0 Å². The zero-order chi connectivity index (χ0) is 11.9. The highest BCUT2D eigenvalue weighted by atomic mass is 28.3. The van der Waals surface area contributed by atoms with E-state index in [1.807, 2.05) is 6.08 Å². The molecule has 0 bridgehead atoms. The van der Waals surface area contributed by atoms with Crippen LogP contribution in [0.15, 0.2) is 23.9 Å². The summed E-state index contributed by atoms with van der Waals surface area (Å²) in [5, 5.41) is 11.4. The van der Waals surface area contributed by atoms with Gasteiger partial charge in [-0.1, -0.05) is 69.8 Å². The highest BCUT2D eigenvalue weighted by molar-refractivity contribution is 6.83. The van der Waals surface area contributed by atoms with Gasteiger partial charge in [0.15, 0.2) is 0 Å². The van der Waals surface area contributed by atoms with Crippen LogP contribution in [0.1, 0.15) is 32.6 Å². The van der Waals surface area contributed by atoms with Crippen LogP contribution in [0, 0.1) is 0 Å². The van der Waals surface area contributed by atoms with E-state index < -0.39 is 8.07 Å². The van der Waals surface area contributed by atoms with Gasteiger partial charge in [0.25, 0.3) is 0 Å². The molecule has 15 heavy (non-hydrogen) atoms. The zero-order valence-corrected chi connectivity index (χ0v) is 11.7. The van der Waals surface area contributed by atoms with Gasteiger partial charge in [-0.2, -0.15) is 0 Å². The second kappa shape index (κ2) is 7.02. The van der Waals surface area contributed by atoms with E-state index in [2.05, 4.69) is 33.1 Å². The maximum Gasteiger partial charge on any atom is 0.0758 e. The van der Waals surface area contributed by atoms with Gasteiger partial charge in [0.1, 0.15) is 0 Å². The molecule has 0 fully saturated rings. The Bertz CT molecular complexity index is 213. The summed E-state index contributed by atoms with van der Waals surface area (Å²) >= 11 is 0. The van der Waals surface area contributed by atoms with Crippen molar-refractivity contribution in [3.63, 3.8) is 0 Å². The van der Waals surface area contributed by atoms with Crippen LogP contribution < -0.4 is 0 Å². The lowest BCUT2D eigenvalue weighted by molar-refractivity contribution is 0.202. The second-order valence-electron chi connectivity index (χ2n) is 5.12. The van der Waals surface area contributed by atoms with Crippen molar-refractivity contribution < 1.29 is 5.11 Å². The molecule has 88 valence electrons. The van der Waals surface area contributed by atoms with Gasteiger partial charge in [0.05, 0.1) is 14.2 Å². The van der Waals surface area contributed by atoms with E-state index in [9.17, 15) is 5.11 Å². The molecular weight excluding hydrogens is 200 g/mol. The molecule has 0 heterocycles. The Morgan fingerprint density at radius 1 is 1.33 bits per heavy atom. The summed E-state index contributed by atoms with van der Waals surface area (Å²) in [4.78, 5) is 0. The summed E-state index contributed by atoms with van der Waals surface area (Å²) in [6, 6.07) is 0. The third-order valence-corrected chi connectivity index (χ3v) is 4.84. The van der Waals surface area contributed by atoms with Crippen molar-refractivity contribution in [1.29, 1.82) is 0 Å². The van der Waals surface area contributed by atoms with Crippen molar-refractivity contribution in [2.45, 2.75) is 58.4 Å². The fourth-order valence-electron chi connectivity index (χ4n) is 1.73. The van der Waals surface area contributed by atoms with E-state index >= 15 is 0 Å². The standard InChI is InChI=1S/C13H26OSi/c1-6-8-9-11-12(14)13(10-7-2)15(3,4)5/h7,10,12,14H,2,6,8-9,11H2,1,3-5H3/b13-10+. The molecule has 0 aliphatic rings. The van der Waals surface area contributed by atoms with E-state index in [1.54, 1.807) is 6.08 Å². The average Bonchev–Trinajstić information content (AvgIpc) is 2.12. The maximum absolute atomic E-state index is 10.1. The first-order valence-corrected chi connectivity index (χ1v) is 9.44. The van der Waals surface area contributed by atoms with E-state index in [0.717, 1.165) is 12.8 Å². The summed E-state index contributed by atoms with van der Waals surface area (Å²) in [5.74, 6) is 0. The molecule has 1 N–H and O–H groups in total. The first kappa shape index (κ1) is 14.7. The third kappa shape index (κ3) is 5.95. The Kier molecular flexibility index (Phi) is 6.86. The van der Waals surface area contributed by atoms with Gasteiger partial charge in [-0.25, -0.2) is 0 Å². The number of rotatable bonds is 7. The molecule has 0 saturated carbocycles. The van der Waals surface area contributed by atoms with Crippen LogP contribution in [-0.2, 0) is 0 Å².